The van der Waals surface area contributed by atoms with Crippen molar-refractivity contribution in [3.8, 4) is 11.4 Å². The molecule has 2 aromatic carbocycles. The van der Waals surface area contributed by atoms with Gasteiger partial charge in [-0.05, 0) is 42.5 Å². The minimum Gasteiger partial charge on any atom is -0.494 e. The third kappa shape index (κ3) is 2.16. The van der Waals surface area contributed by atoms with Crippen LogP contribution in [-0.2, 0) is 0 Å². The molecule has 0 aliphatic rings. The molecule has 102 valence electrons. The Morgan fingerprint density at radius 1 is 1.30 bits per heavy atom. The van der Waals surface area contributed by atoms with Gasteiger partial charge in [-0.3, -0.25) is 4.57 Å². The van der Waals surface area contributed by atoms with Crippen LogP contribution in [0, 0.1) is 4.77 Å². The third-order valence-corrected chi connectivity index (χ3v) is 4.13. The molecule has 0 saturated carbocycles. The van der Waals surface area contributed by atoms with Crippen LogP contribution in [0.3, 0.4) is 0 Å². The highest BCUT2D eigenvalue weighted by Gasteiger charge is 2.12. The Morgan fingerprint density at radius 2 is 2.10 bits per heavy atom. The Balaban J connectivity index is 2.37. The van der Waals surface area contributed by atoms with E-state index in [1.54, 1.807) is 7.11 Å². The summed E-state index contributed by atoms with van der Waals surface area (Å²) >= 11 is 15.1. The molecule has 3 rings (SSSR count). The highest BCUT2D eigenvalue weighted by molar-refractivity contribution is 9.10. The molecule has 0 unspecified atom stereocenters. The minimum atomic E-state index is 0.578. The zero-order chi connectivity index (χ0) is 14.3. The Morgan fingerprint density at radius 3 is 2.80 bits per heavy atom. The van der Waals surface area contributed by atoms with E-state index in [1.165, 1.54) is 0 Å². The van der Waals surface area contributed by atoms with Crippen molar-refractivity contribution in [3.63, 3.8) is 0 Å². The molecule has 0 bridgehead atoms. The minimum absolute atomic E-state index is 0.578. The molecule has 0 saturated heterocycles. The lowest BCUT2D eigenvalue weighted by Crippen LogP contribution is -1.95. The molecule has 0 radical (unpaired) electrons. The number of fused-ring (bicyclic) bond motifs is 1. The number of aromatic nitrogens is 2. The maximum atomic E-state index is 6.32. The van der Waals surface area contributed by atoms with Crippen molar-refractivity contribution < 1.29 is 4.74 Å². The van der Waals surface area contributed by atoms with Gasteiger partial charge in [0.2, 0.25) is 0 Å². The Bertz CT molecular complexity index is 856. The van der Waals surface area contributed by atoms with Crippen molar-refractivity contribution in [1.29, 1.82) is 0 Å². The molecule has 6 heteroatoms. The van der Waals surface area contributed by atoms with Crippen molar-refractivity contribution in [3.05, 3.63) is 50.7 Å². The molecule has 0 aliphatic carbocycles. The van der Waals surface area contributed by atoms with Crippen LogP contribution in [-0.4, -0.2) is 16.7 Å². The molecule has 0 spiro atoms. The van der Waals surface area contributed by atoms with E-state index < -0.39 is 0 Å². The summed E-state index contributed by atoms with van der Waals surface area (Å²) in [6.07, 6.45) is 0. The number of nitrogens with zero attached hydrogens (tertiary/aromatic N) is 1. The number of H-pyrrole nitrogens is 1. The number of hydrogen-bond acceptors (Lipinski definition) is 2. The summed E-state index contributed by atoms with van der Waals surface area (Å²) in [5.74, 6) is 0.751. The molecule has 1 heterocycles. The maximum Gasteiger partial charge on any atom is 0.182 e. The standard InChI is InChI=1S/C14H10BrClN2OS/c1-19-12-4-2-3-11-13(12)17-14(20)18(11)10-6-5-8(15)7-9(10)16/h2-7H,1H3,(H,17,20). The predicted octanol–water partition coefficient (Wildman–Crippen LogP) is 5.11. The normalized spacial score (nSPS) is 10.9. The summed E-state index contributed by atoms with van der Waals surface area (Å²) in [6.45, 7) is 0. The number of ether oxygens (including phenoxy) is 1. The van der Waals surface area contributed by atoms with Crippen LogP contribution in [0.1, 0.15) is 0 Å². The first-order chi connectivity index (χ1) is 9.61. The second-order valence-corrected chi connectivity index (χ2v) is 5.93. The van der Waals surface area contributed by atoms with Gasteiger partial charge in [0.1, 0.15) is 11.3 Å². The molecule has 1 aromatic heterocycles. The first kappa shape index (κ1) is 13.7. The van der Waals surface area contributed by atoms with E-state index in [0.717, 1.165) is 26.9 Å². The molecule has 3 aromatic rings. The van der Waals surface area contributed by atoms with Crippen LogP contribution < -0.4 is 4.74 Å². The van der Waals surface area contributed by atoms with Gasteiger partial charge in [-0.25, -0.2) is 0 Å². The smallest absolute Gasteiger partial charge is 0.182 e. The number of rotatable bonds is 2. The summed E-state index contributed by atoms with van der Waals surface area (Å²) in [5, 5.41) is 0.624. The van der Waals surface area contributed by atoms with Gasteiger partial charge in [0, 0.05) is 4.47 Å². The number of methoxy groups -OCH3 is 1. The number of aromatic amines is 1. The monoisotopic (exact) mass is 368 g/mol. The zero-order valence-corrected chi connectivity index (χ0v) is 13.6. The van der Waals surface area contributed by atoms with Crippen LogP contribution in [0.5, 0.6) is 5.75 Å². The van der Waals surface area contributed by atoms with Gasteiger partial charge < -0.3 is 9.72 Å². The Labute approximate surface area is 134 Å². The van der Waals surface area contributed by atoms with E-state index in [2.05, 4.69) is 20.9 Å². The molecule has 0 fully saturated rings. The van der Waals surface area contributed by atoms with Crippen molar-refractivity contribution in [1.82, 2.24) is 9.55 Å². The van der Waals surface area contributed by atoms with Crippen molar-refractivity contribution in [2.45, 2.75) is 0 Å². The lowest BCUT2D eigenvalue weighted by Gasteiger charge is -2.08. The average molecular weight is 370 g/mol. The average Bonchev–Trinajstić information content (AvgIpc) is 2.75. The molecule has 3 nitrogen and oxygen atoms in total. The quantitative estimate of drug-likeness (QED) is 0.636. The van der Waals surface area contributed by atoms with Crippen LogP contribution in [0.4, 0.5) is 0 Å². The molecular weight excluding hydrogens is 360 g/mol. The van der Waals surface area contributed by atoms with Gasteiger partial charge in [0.15, 0.2) is 4.77 Å². The Kier molecular flexibility index (Phi) is 3.58. The summed E-state index contributed by atoms with van der Waals surface area (Å²) in [7, 11) is 1.63. The zero-order valence-electron chi connectivity index (χ0n) is 10.5. The maximum absolute atomic E-state index is 6.32. The Hall–Kier alpha value is -1.30. The summed E-state index contributed by atoms with van der Waals surface area (Å²) in [5.41, 5.74) is 2.62. The number of halogens is 2. The highest BCUT2D eigenvalue weighted by atomic mass is 79.9. The number of hydrogen-bond donors (Lipinski definition) is 1. The van der Waals surface area contributed by atoms with E-state index in [9.17, 15) is 0 Å². The van der Waals surface area contributed by atoms with E-state index in [-0.39, 0.29) is 0 Å². The second kappa shape index (κ2) is 5.24. The highest BCUT2D eigenvalue weighted by Crippen LogP contribution is 2.31. The molecule has 0 aliphatic heterocycles. The summed E-state index contributed by atoms with van der Waals surface area (Å²) < 4.78 is 8.76. The molecule has 20 heavy (non-hydrogen) atoms. The topological polar surface area (TPSA) is 29.9 Å². The van der Waals surface area contributed by atoms with Crippen molar-refractivity contribution >= 4 is 50.8 Å². The van der Waals surface area contributed by atoms with E-state index in [4.69, 9.17) is 28.6 Å². The molecule has 1 N–H and O–H groups in total. The largest absolute Gasteiger partial charge is 0.494 e. The fraction of sp³-hybridized carbons (Fsp3) is 0.0714. The fourth-order valence-electron chi connectivity index (χ4n) is 2.18. The number of para-hydroxylation sites is 1. The summed E-state index contributed by atoms with van der Waals surface area (Å²) in [6, 6.07) is 11.5. The molecule has 0 atom stereocenters. The van der Waals surface area contributed by atoms with Gasteiger partial charge in [-0.1, -0.05) is 33.6 Å². The fourth-order valence-corrected chi connectivity index (χ4v) is 3.23. The summed E-state index contributed by atoms with van der Waals surface area (Å²) in [4.78, 5) is 3.17. The van der Waals surface area contributed by atoms with Gasteiger partial charge in [-0.15, -0.1) is 0 Å². The second-order valence-electron chi connectivity index (χ2n) is 4.22. The number of benzene rings is 2. The molecular formula is C14H10BrClN2OS. The lowest BCUT2D eigenvalue weighted by atomic mass is 10.2. The van der Waals surface area contributed by atoms with Crippen molar-refractivity contribution in [2.24, 2.45) is 0 Å². The van der Waals surface area contributed by atoms with Gasteiger partial charge in [0.05, 0.1) is 23.3 Å². The number of nitrogens with one attached hydrogen (secondary N) is 1. The van der Waals surface area contributed by atoms with Crippen LogP contribution >= 0.6 is 39.7 Å². The first-order valence-electron chi connectivity index (χ1n) is 5.85. The third-order valence-electron chi connectivity index (χ3n) is 3.05. The van der Waals surface area contributed by atoms with Crippen molar-refractivity contribution in [2.75, 3.05) is 7.11 Å². The van der Waals surface area contributed by atoms with E-state index >= 15 is 0 Å². The van der Waals surface area contributed by atoms with Crippen LogP contribution in [0.15, 0.2) is 40.9 Å². The van der Waals surface area contributed by atoms with E-state index in [1.807, 2.05) is 41.0 Å². The molecule has 0 amide bonds. The predicted molar refractivity (Wildman–Crippen MR) is 87.7 cm³/mol. The van der Waals surface area contributed by atoms with Crippen LogP contribution in [0.2, 0.25) is 5.02 Å². The van der Waals surface area contributed by atoms with Gasteiger partial charge in [0.25, 0.3) is 0 Å². The van der Waals surface area contributed by atoms with Crippen LogP contribution in [0.25, 0.3) is 16.7 Å². The first-order valence-corrected chi connectivity index (χ1v) is 7.43. The SMILES string of the molecule is COc1cccc2c1[nH]c(=S)n2-c1ccc(Br)cc1Cl. The van der Waals surface area contributed by atoms with E-state index in [0.29, 0.717) is 9.79 Å². The lowest BCUT2D eigenvalue weighted by molar-refractivity contribution is 0.419. The van der Waals surface area contributed by atoms with Gasteiger partial charge in [-0.2, -0.15) is 0 Å². The number of imidazole rings is 1. The van der Waals surface area contributed by atoms with Gasteiger partial charge >= 0.3 is 0 Å².